The fourth-order valence-electron chi connectivity index (χ4n) is 2.97. The Morgan fingerprint density at radius 3 is 2.73 bits per heavy atom. The van der Waals surface area contributed by atoms with Crippen LogP contribution in [0.2, 0.25) is 0 Å². The molecule has 0 aromatic carbocycles. The van der Waals surface area contributed by atoms with E-state index in [1.54, 1.807) is 0 Å². The molecule has 2 aliphatic carbocycles. The van der Waals surface area contributed by atoms with Crippen molar-refractivity contribution < 1.29 is 0 Å². The SMILES string of the molecule is CC1CC2CC=CC(C)C2C1. The van der Waals surface area contributed by atoms with Crippen molar-refractivity contribution in [1.29, 1.82) is 0 Å². The molecule has 2 rings (SSSR count). The summed E-state index contributed by atoms with van der Waals surface area (Å²) in [4.78, 5) is 0. The van der Waals surface area contributed by atoms with Gasteiger partial charge in [-0.25, -0.2) is 0 Å². The van der Waals surface area contributed by atoms with E-state index in [1.165, 1.54) is 19.3 Å². The van der Waals surface area contributed by atoms with Crippen LogP contribution in [0.25, 0.3) is 0 Å². The van der Waals surface area contributed by atoms with Gasteiger partial charge in [0.05, 0.1) is 0 Å². The Bertz CT molecular complexity index is 169. The normalized spacial score (nSPS) is 49.3. The summed E-state index contributed by atoms with van der Waals surface area (Å²) in [5.74, 6) is 3.91. The van der Waals surface area contributed by atoms with Gasteiger partial charge in [-0.2, -0.15) is 0 Å². The highest BCUT2D eigenvalue weighted by atomic mass is 14.4. The largest absolute Gasteiger partial charge is 0.0880 e. The van der Waals surface area contributed by atoms with Crippen LogP contribution in [0.5, 0.6) is 0 Å². The molecule has 1 fully saturated rings. The molecule has 0 bridgehead atoms. The van der Waals surface area contributed by atoms with Crippen LogP contribution < -0.4 is 0 Å². The lowest BCUT2D eigenvalue weighted by Gasteiger charge is -2.26. The fraction of sp³-hybridized carbons (Fsp3) is 0.818. The van der Waals surface area contributed by atoms with E-state index in [0.29, 0.717) is 0 Å². The Labute approximate surface area is 69.7 Å². The molecule has 0 saturated heterocycles. The van der Waals surface area contributed by atoms with Crippen LogP contribution in [0.4, 0.5) is 0 Å². The summed E-state index contributed by atoms with van der Waals surface area (Å²) in [5, 5.41) is 0. The summed E-state index contributed by atoms with van der Waals surface area (Å²) in [6.07, 6.45) is 9.14. The lowest BCUT2D eigenvalue weighted by Crippen LogP contribution is -2.17. The lowest BCUT2D eigenvalue weighted by molar-refractivity contribution is 0.304. The maximum Gasteiger partial charge on any atom is -0.0231 e. The topological polar surface area (TPSA) is 0 Å². The second kappa shape index (κ2) is 2.66. The summed E-state index contributed by atoms with van der Waals surface area (Å²) < 4.78 is 0. The molecule has 62 valence electrons. The second-order valence-corrected chi connectivity index (χ2v) is 4.52. The highest BCUT2D eigenvalue weighted by Gasteiger charge is 2.35. The highest BCUT2D eigenvalue weighted by Crippen LogP contribution is 2.44. The molecular formula is C11H18. The molecule has 0 heterocycles. The quantitative estimate of drug-likeness (QED) is 0.465. The van der Waals surface area contributed by atoms with Crippen molar-refractivity contribution in [3.05, 3.63) is 12.2 Å². The van der Waals surface area contributed by atoms with Gasteiger partial charge in [-0.05, 0) is 42.9 Å². The number of hydrogen-bond acceptors (Lipinski definition) is 0. The van der Waals surface area contributed by atoms with Gasteiger partial charge in [0.15, 0.2) is 0 Å². The Hall–Kier alpha value is -0.260. The van der Waals surface area contributed by atoms with Crippen molar-refractivity contribution in [3.63, 3.8) is 0 Å². The van der Waals surface area contributed by atoms with Crippen LogP contribution in [-0.4, -0.2) is 0 Å². The van der Waals surface area contributed by atoms with Crippen molar-refractivity contribution in [1.82, 2.24) is 0 Å². The molecule has 1 saturated carbocycles. The summed E-state index contributed by atoms with van der Waals surface area (Å²) in [5.41, 5.74) is 0. The van der Waals surface area contributed by atoms with Crippen molar-refractivity contribution in [3.8, 4) is 0 Å². The van der Waals surface area contributed by atoms with Gasteiger partial charge >= 0.3 is 0 Å². The van der Waals surface area contributed by atoms with Crippen LogP contribution in [0.1, 0.15) is 33.1 Å². The summed E-state index contributed by atoms with van der Waals surface area (Å²) in [6.45, 7) is 4.79. The molecule has 0 N–H and O–H groups in total. The summed E-state index contributed by atoms with van der Waals surface area (Å²) in [7, 11) is 0. The first-order valence-electron chi connectivity index (χ1n) is 4.94. The van der Waals surface area contributed by atoms with Gasteiger partial charge in [-0.1, -0.05) is 26.0 Å². The zero-order chi connectivity index (χ0) is 7.84. The Morgan fingerprint density at radius 1 is 1.18 bits per heavy atom. The second-order valence-electron chi connectivity index (χ2n) is 4.52. The van der Waals surface area contributed by atoms with Gasteiger partial charge in [-0.15, -0.1) is 0 Å². The van der Waals surface area contributed by atoms with Crippen molar-refractivity contribution in [2.24, 2.45) is 23.7 Å². The lowest BCUT2D eigenvalue weighted by atomic mass is 9.79. The van der Waals surface area contributed by atoms with E-state index in [-0.39, 0.29) is 0 Å². The minimum atomic E-state index is 0.860. The number of fused-ring (bicyclic) bond motifs is 1. The number of hydrogen-bond donors (Lipinski definition) is 0. The molecule has 0 aromatic heterocycles. The molecule has 0 heteroatoms. The Balaban J connectivity index is 2.11. The van der Waals surface area contributed by atoms with Crippen LogP contribution in [-0.2, 0) is 0 Å². The van der Waals surface area contributed by atoms with Crippen LogP contribution in [0, 0.1) is 23.7 Å². The summed E-state index contributed by atoms with van der Waals surface area (Å²) >= 11 is 0. The summed E-state index contributed by atoms with van der Waals surface area (Å²) in [6, 6.07) is 0. The number of allylic oxidation sites excluding steroid dienone is 2. The molecule has 0 spiro atoms. The highest BCUT2D eigenvalue weighted by molar-refractivity contribution is 5.02. The van der Waals surface area contributed by atoms with Gasteiger partial charge in [0.25, 0.3) is 0 Å². The third-order valence-corrected chi connectivity index (χ3v) is 3.54. The molecule has 0 nitrogen and oxygen atoms in total. The molecule has 4 atom stereocenters. The van der Waals surface area contributed by atoms with Crippen LogP contribution in [0.15, 0.2) is 12.2 Å². The van der Waals surface area contributed by atoms with Gasteiger partial charge < -0.3 is 0 Å². The fourth-order valence-corrected chi connectivity index (χ4v) is 2.97. The predicted molar refractivity (Wildman–Crippen MR) is 48.3 cm³/mol. The van der Waals surface area contributed by atoms with E-state index >= 15 is 0 Å². The average Bonchev–Trinajstić information content (AvgIpc) is 2.31. The molecule has 2 aliphatic rings. The van der Waals surface area contributed by atoms with E-state index < -0.39 is 0 Å². The maximum atomic E-state index is 2.42. The molecular weight excluding hydrogens is 132 g/mol. The van der Waals surface area contributed by atoms with E-state index in [2.05, 4.69) is 26.0 Å². The first kappa shape index (κ1) is 7.39. The molecule has 0 aromatic rings. The zero-order valence-corrected chi connectivity index (χ0v) is 7.59. The predicted octanol–water partition coefficient (Wildman–Crippen LogP) is 3.24. The van der Waals surface area contributed by atoms with E-state index in [9.17, 15) is 0 Å². The maximum absolute atomic E-state index is 2.42. The molecule has 0 radical (unpaired) electrons. The van der Waals surface area contributed by atoms with Gasteiger partial charge in [0.1, 0.15) is 0 Å². The Kier molecular flexibility index (Phi) is 1.78. The smallest absolute Gasteiger partial charge is 0.0231 e. The molecule has 0 amide bonds. The third kappa shape index (κ3) is 1.23. The van der Waals surface area contributed by atoms with Gasteiger partial charge in [0.2, 0.25) is 0 Å². The van der Waals surface area contributed by atoms with Crippen molar-refractivity contribution in [2.75, 3.05) is 0 Å². The van der Waals surface area contributed by atoms with Crippen molar-refractivity contribution in [2.45, 2.75) is 33.1 Å². The first-order valence-corrected chi connectivity index (χ1v) is 4.94. The minimum Gasteiger partial charge on any atom is -0.0880 e. The molecule has 11 heavy (non-hydrogen) atoms. The number of rotatable bonds is 0. The third-order valence-electron chi connectivity index (χ3n) is 3.54. The van der Waals surface area contributed by atoms with Gasteiger partial charge in [-0.3, -0.25) is 0 Å². The van der Waals surface area contributed by atoms with E-state index in [0.717, 1.165) is 23.7 Å². The molecule has 4 unspecified atom stereocenters. The van der Waals surface area contributed by atoms with E-state index in [4.69, 9.17) is 0 Å². The molecule has 0 aliphatic heterocycles. The van der Waals surface area contributed by atoms with Crippen LogP contribution in [0.3, 0.4) is 0 Å². The first-order chi connectivity index (χ1) is 5.27. The van der Waals surface area contributed by atoms with Crippen molar-refractivity contribution >= 4 is 0 Å². The van der Waals surface area contributed by atoms with Crippen LogP contribution >= 0.6 is 0 Å². The van der Waals surface area contributed by atoms with Gasteiger partial charge in [0, 0.05) is 0 Å². The monoisotopic (exact) mass is 150 g/mol. The average molecular weight is 150 g/mol. The Morgan fingerprint density at radius 2 is 2.00 bits per heavy atom. The minimum absolute atomic E-state index is 0.860. The zero-order valence-electron chi connectivity index (χ0n) is 7.59. The standard InChI is InChI=1S/C11H18/c1-8-6-10-5-3-4-9(2)11(10)7-8/h3-4,8-11H,5-7H2,1-2H3. The van der Waals surface area contributed by atoms with E-state index in [1.807, 2.05) is 0 Å².